The number of carbonyl (C=O) groups excluding carboxylic acids is 1. The Labute approximate surface area is 62.6 Å². The van der Waals surface area contributed by atoms with Gasteiger partial charge in [0.15, 0.2) is 0 Å². The van der Waals surface area contributed by atoms with Gasteiger partial charge in [0.1, 0.15) is 5.78 Å². The van der Waals surface area contributed by atoms with Crippen molar-refractivity contribution in [1.82, 2.24) is 0 Å². The van der Waals surface area contributed by atoms with Gasteiger partial charge in [0.05, 0.1) is 6.10 Å². The maximum atomic E-state index is 10.5. The van der Waals surface area contributed by atoms with Crippen LogP contribution in [0.3, 0.4) is 0 Å². The molecule has 0 aliphatic carbocycles. The smallest absolute Gasteiger partial charge is 0.129 e. The third-order valence-electron chi connectivity index (χ3n) is 1.61. The van der Waals surface area contributed by atoms with Crippen LogP contribution in [0.1, 0.15) is 33.1 Å². The molecule has 0 heterocycles. The molecule has 0 saturated heterocycles. The number of hydrogen-bond acceptors (Lipinski definition) is 2. The molecule has 0 aromatic rings. The Balaban J connectivity index is 3.34. The van der Waals surface area contributed by atoms with E-state index in [1.165, 1.54) is 0 Å². The van der Waals surface area contributed by atoms with Gasteiger partial charge in [0.2, 0.25) is 0 Å². The molecule has 0 rings (SSSR count). The largest absolute Gasteiger partial charge is 0.381 e. The molecule has 0 aromatic carbocycles. The van der Waals surface area contributed by atoms with E-state index in [1.807, 2.05) is 0 Å². The van der Waals surface area contributed by atoms with Crippen molar-refractivity contribution in [3.05, 3.63) is 0 Å². The van der Waals surface area contributed by atoms with Crippen molar-refractivity contribution >= 4 is 5.78 Å². The maximum absolute atomic E-state index is 10.5. The summed E-state index contributed by atoms with van der Waals surface area (Å²) in [5.74, 6) is 0.246. The van der Waals surface area contributed by atoms with E-state index in [-0.39, 0.29) is 11.9 Å². The molecule has 0 radical (unpaired) electrons. The third-order valence-corrected chi connectivity index (χ3v) is 1.61. The van der Waals surface area contributed by atoms with Gasteiger partial charge in [-0.3, -0.25) is 0 Å². The van der Waals surface area contributed by atoms with Crippen LogP contribution in [0.15, 0.2) is 0 Å². The lowest BCUT2D eigenvalue weighted by Gasteiger charge is -2.10. The lowest BCUT2D eigenvalue weighted by Crippen LogP contribution is -2.10. The van der Waals surface area contributed by atoms with Gasteiger partial charge in [-0.05, 0) is 19.8 Å². The fraction of sp³-hybridized carbons (Fsp3) is 0.875. The van der Waals surface area contributed by atoms with Gasteiger partial charge in [0.25, 0.3) is 0 Å². The van der Waals surface area contributed by atoms with Crippen LogP contribution in [0, 0.1) is 0 Å². The molecule has 1 unspecified atom stereocenters. The summed E-state index contributed by atoms with van der Waals surface area (Å²) in [5, 5.41) is 0. The molecular weight excluding hydrogens is 128 g/mol. The van der Waals surface area contributed by atoms with Gasteiger partial charge in [-0.2, -0.15) is 0 Å². The Kier molecular flexibility index (Phi) is 5.22. The van der Waals surface area contributed by atoms with E-state index in [1.54, 1.807) is 14.0 Å². The number of Topliss-reactive ketones (excluding diaryl/α,β-unsaturated/α-hetero) is 1. The fourth-order valence-electron chi connectivity index (χ4n) is 0.853. The number of hydrogen-bond donors (Lipinski definition) is 0. The predicted octanol–water partition coefficient (Wildman–Crippen LogP) is 1.78. The number of methoxy groups -OCH3 is 1. The van der Waals surface area contributed by atoms with Gasteiger partial charge in [-0.1, -0.05) is 6.92 Å². The Morgan fingerprint density at radius 1 is 1.60 bits per heavy atom. The summed E-state index contributed by atoms with van der Waals surface area (Å²) in [6, 6.07) is 0. The van der Waals surface area contributed by atoms with Crippen molar-refractivity contribution in [2.45, 2.75) is 39.2 Å². The van der Waals surface area contributed by atoms with Crippen LogP contribution < -0.4 is 0 Å². The summed E-state index contributed by atoms with van der Waals surface area (Å²) < 4.78 is 5.10. The van der Waals surface area contributed by atoms with E-state index in [9.17, 15) is 4.79 Å². The minimum atomic E-state index is 0.246. The number of ketones is 1. The van der Waals surface area contributed by atoms with Crippen LogP contribution in [-0.2, 0) is 9.53 Å². The van der Waals surface area contributed by atoms with Crippen LogP contribution in [0.25, 0.3) is 0 Å². The Morgan fingerprint density at radius 3 is 2.50 bits per heavy atom. The van der Waals surface area contributed by atoms with Crippen molar-refractivity contribution in [2.24, 2.45) is 0 Å². The average Bonchev–Trinajstić information content (AvgIpc) is 1.90. The summed E-state index contributed by atoms with van der Waals surface area (Å²) in [4.78, 5) is 10.5. The zero-order valence-electron chi connectivity index (χ0n) is 7.02. The molecule has 0 spiro atoms. The van der Waals surface area contributed by atoms with Gasteiger partial charge >= 0.3 is 0 Å². The lowest BCUT2D eigenvalue weighted by molar-refractivity contribution is -0.117. The topological polar surface area (TPSA) is 26.3 Å². The first kappa shape index (κ1) is 9.63. The molecule has 0 aliphatic rings. The summed E-state index contributed by atoms with van der Waals surface area (Å²) in [7, 11) is 1.69. The summed E-state index contributed by atoms with van der Waals surface area (Å²) >= 11 is 0. The molecule has 2 nitrogen and oxygen atoms in total. The number of carbonyl (C=O) groups is 1. The number of ether oxygens (including phenoxy) is 1. The lowest BCUT2D eigenvalue weighted by atomic mass is 10.1. The quantitative estimate of drug-likeness (QED) is 0.588. The Hall–Kier alpha value is -0.370. The molecule has 10 heavy (non-hydrogen) atoms. The average molecular weight is 144 g/mol. The van der Waals surface area contributed by atoms with E-state index in [2.05, 4.69) is 6.92 Å². The normalized spacial score (nSPS) is 13.1. The van der Waals surface area contributed by atoms with Crippen LogP contribution >= 0.6 is 0 Å². The van der Waals surface area contributed by atoms with Crippen molar-refractivity contribution in [3.63, 3.8) is 0 Å². The molecule has 0 fully saturated rings. The zero-order chi connectivity index (χ0) is 7.98. The highest BCUT2D eigenvalue weighted by Gasteiger charge is 2.04. The first-order valence-electron chi connectivity index (χ1n) is 3.73. The molecular formula is C8H16O2. The Bertz CT molecular complexity index is 95.4. The SMILES string of the molecule is CCC(CCC(C)=O)OC. The van der Waals surface area contributed by atoms with E-state index in [0.29, 0.717) is 6.42 Å². The summed E-state index contributed by atoms with van der Waals surface area (Å²) in [6.45, 7) is 3.68. The zero-order valence-corrected chi connectivity index (χ0v) is 7.02. The molecule has 0 aliphatic heterocycles. The van der Waals surface area contributed by atoms with E-state index in [0.717, 1.165) is 12.8 Å². The van der Waals surface area contributed by atoms with Gasteiger partial charge in [0, 0.05) is 13.5 Å². The highest BCUT2D eigenvalue weighted by atomic mass is 16.5. The van der Waals surface area contributed by atoms with E-state index in [4.69, 9.17) is 4.74 Å². The molecule has 0 amide bonds. The van der Waals surface area contributed by atoms with E-state index < -0.39 is 0 Å². The molecule has 0 saturated carbocycles. The first-order chi connectivity index (χ1) is 4.70. The molecule has 1 atom stereocenters. The fourth-order valence-corrected chi connectivity index (χ4v) is 0.853. The second-order valence-electron chi connectivity index (χ2n) is 2.51. The molecule has 60 valence electrons. The van der Waals surface area contributed by atoms with Gasteiger partial charge in [-0.25, -0.2) is 0 Å². The van der Waals surface area contributed by atoms with Crippen LogP contribution in [0.4, 0.5) is 0 Å². The van der Waals surface area contributed by atoms with Crippen molar-refractivity contribution in [3.8, 4) is 0 Å². The highest BCUT2D eigenvalue weighted by Crippen LogP contribution is 2.04. The Morgan fingerprint density at radius 2 is 2.20 bits per heavy atom. The number of rotatable bonds is 5. The standard InChI is InChI=1S/C8H16O2/c1-4-8(10-3)6-5-7(2)9/h8H,4-6H2,1-3H3. The monoisotopic (exact) mass is 144 g/mol. The first-order valence-corrected chi connectivity index (χ1v) is 3.73. The second-order valence-corrected chi connectivity index (χ2v) is 2.51. The summed E-state index contributed by atoms with van der Waals surface area (Å²) in [6.07, 6.45) is 2.77. The molecule has 0 N–H and O–H groups in total. The van der Waals surface area contributed by atoms with Gasteiger partial charge in [-0.15, -0.1) is 0 Å². The summed E-state index contributed by atoms with van der Waals surface area (Å²) in [5.41, 5.74) is 0. The van der Waals surface area contributed by atoms with Crippen LogP contribution in [0.5, 0.6) is 0 Å². The van der Waals surface area contributed by atoms with Gasteiger partial charge < -0.3 is 9.53 Å². The minimum Gasteiger partial charge on any atom is -0.381 e. The third kappa shape index (κ3) is 4.50. The van der Waals surface area contributed by atoms with Crippen molar-refractivity contribution in [2.75, 3.05) is 7.11 Å². The van der Waals surface area contributed by atoms with Crippen LogP contribution in [-0.4, -0.2) is 19.0 Å². The van der Waals surface area contributed by atoms with Crippen LogP contribution in [0.2, 0.25) is 0 Å². The maximum Gasteiger partial charge on any atom is 0.129 e. The second kappa shape index (κ2) is 5.42. The van der Waals surface area contributed by atoms with Crippen molar-refractivity contribution < 1.29 is 9.53 Å². The molecule has 0 aromatic heterocycles. The molecule has 2 heteroatoms. The predicted molar refractivity (Wildman–Crippen MR) is 41.0 cm³/mol. The molecule has 0 bridgehead atoms. The van der Waals surface area contributed by atoms with E-state index >= 15 is 0 Å². The minimum absolute atomic E-state index is 0.246. The highest BCUT2D eigenvalue weighted by molar-refractivity contribution is 5.75. The van der Waals surface area contributed by atoms with Crippen molar-refractivity contribution in [1.29, 1.82) is 0 Å².